The molecule has 1 aliphatic carbocycles. The van der Waals surface area contributed by atoms with Crippen molar-refractivity contribution in [3.8, 4) is 6.07 Å². The zero-order chi connectivity index (χ0) is 17.1. The molecule has 6 heteroatoms. The van der Waals surface area contributed by atoms with Gasteiger partial charge in [-0.25, -0.2) is 4.39 Å². The molecule has 1 fully saturated rings. The van der Waals surface area contributed by atoms with Crippen LogP contribution in [0.5, 0.6) is 0 Å². The molecule has 2 aromatic rings. The van der Waals surface area contributed by atoms with E-state index < -0.39 is 5.82 Å². The van der Waals surface area contributed by atoms with Gasteiger partial charge in [-0.1, -0.05) is 0 Å². The highest BCUT2D eigenvalue weighted by molar-refractivity contribution is 6.04. The van der Waals surface area contributed by atoms with Crippen molar-refractivity contribution >= 4 is 23.2 Å². The number of nitriles is 1. The maximum Gasteiger partial charge on any atom is 0.255 e. The summed E-state index contributed by atoms with van der Waals surface area (Å²) in [6, 6.07) is 12.1. The van der Waals surface area contributed by atoms with Crippen LogP contribution < -0.4 is 10.6 Å². The van der Waals surface area contributed by atoms with Crippen molar-refractivity contribution < 1.29 is 14.0 Å². The number of anilines is 2. The van der Waals surface area contributed by atoms with E-state index in [4.69, 9.17) is 5.26 Å². The fraction of sp³-hybridized carbons (Fsp3) is 0.167. The summed E-state index contributed by atoms with van der Waals surface area (Å²) < 4.78 is 13.8. The SMILES string of the molecule is N#Cc1ccc(C(=O)Nc2ccc(F)c(NC(=O)C3CC3)c2)cc1. The van der Waals surface area contributed by atoms with Gasteiger partial charge in [-0.15, -0.1) is 0 Å². The average Bonchev–Trinajstić information content (AvgIpc) is 3.43. The molecule has 0 unspecified atom stereocenters. The molecule has 24 heavy (non-hydrogen) atoms. The van der Waals surface area contributed by atoms with Crippen molar-refractivity contribution in [1.29, 1.82) is 5.26 Å². The van der Waals surface area contributed by atoms with E-state index in [0.29, 0.717) is 16.8 Å². The topological polar surface area (TPSA) is 82.0 Å². The third-order valence-electron chi connectivity index (χ3n) is 3.71. The van der Waals surface area contributed by atoms with Crippen LogP contribution in [0.1, 0.15) is 28.8 Å². The predicted octanol–water partition coefficient (Wildman–Crippen LogP) is 3.30. The van der Waals surface area contributed by atoms with Gasteiger partial charge in [0.2, 0.25) is 5.91 Å². The van der Waals surface area contributed by atoms with Crippen LogP contribution in [0.25, 0.3) is 0 Å². The Morgan fingerprint density at radius 3 is 2.42 bits per heavy atom. The standard InChI is InChI=1S/C18H14FN3O2/c19-15-8-7-14(9-16(15)22-18(24)13-5-6-13)21-17(23)12-3-1-11(10-20)2-4-12/h1-4,7-9,13H,5-6H2,(H,21,23)(H,22,24). The first-order valence-electron chi connectivity index (χ1n) is 7.49. The van der Waals surface area contributed by atoms with Crippen LogP contribution in [0, 0.1) is 23.1 Å². The van der Waals surface area contributed by atoms with Crippen molar-refractivity contribution in [2.75, 3.05) is 10.6 Å². The lowest BCUT2D eigenvalue weighted by molar-refractivity contribution is -0.117. The van der Waals surface area contributed by atoms with E-state index in [1.165, 1.54) is 30.3 Å². The molecular formula is C18H14FN3O2. The summed E-state index contributed by atoms with van der Waals surface area (Å²) in [5, 5.41) is 13.9. The van der Waals surface area contributed by atoms with E-state index in [0.717, 1.165) is 12.8 Å². The van der Waals surface area contributed by atoms with Crippen molar-refractivity contribution in [2.24, 2.45) is 5.92 Å². The first-order chi connectivity index (χ1) is 11.6. The molecule has 0 atom stereocenters. The molecule has 0 aromatic heterocycles. The Kier molecular flexibility index (Phi) is 4.25. The Bertz CT molecular complexity index is 836. The fourth-order valence-corrected chi connectivity index (χ4v) is 2.18. The molecule has 2 aromatic carbocycles. The summed E-state index contributed by atoms with van der Waals surface area (Å²) in [6.45, 7) is 0. The highest BCUT2D eigenvalue weighted by Gasteiger charge is 2.30. The van der Waals surface area contributed by atoms with E-state index in [1.54, 1.807) is 12.1 Å². The summed E-state index contributed by atoms with van der Waals surface area (Å²) in [5.74, 6) is -1.18. The number of halogens is 1. The molecule has 0 aliphatic heterocycles. The van der Waals surface area contributed by atoms with Gasteiger partial charge in [-0.2, -0.15) is 5.26 Å². The van der Waals surface area contributed by atoms with Crippen molar-refractivity contribution in [3.63, 3.8) is 0 Å². The monoisotopic (exact) mass is 323 g/mol. The number of nitrogens with one attached hydrogen (secondary N) is 2. The fourth-order valence-electron chi connectivity index (χ4n) is 2.18. The number of benzene rings is 2. The van der Waals surface area contributed by atoms with Gasteiger partial charge >= 0.3 is 0 Å². The number of hydrogen-bond donors (Lipinski definition) is 2. The number of rotatable bonds is 4. The molecule has 0 bridgehead atoms. The Labute approximate surface area is 138 Å². The second-order valence-electron chi connectivity index (χ2n) is 5.60. The van der Waals surface area contributed by atoms with Crippen LogP contribution in [0.2, 0.25) is 0 Å². The number of hydrogen-bond acceptors (Lipinski definition) is 3. The Balaban J connectivity index is 1.73. The van der Waals surface area contributed by atoms with Crippen molar-refractivity contribution in [3.05, 3.63) is 59.4 Å². The largest absolute Gasteiger partial charge is 0.323 e. The third kappa shape index (κ3) is 3.58. The Morgan fingerprint density at radius 1 is 1.08 bits per heavy atom. The second kappa shape index (κ2) is 6.50. The van der Waals surface area contributed by atoms with E-state index >= 15 is 0 Å². The second-order valence-corrected chi connectivity index (χ2v) is 5.60. The number of amides is 2. The zero-order valence-corrected chi connectivity index (χ0v) is 12.7. The number of carbonyl (C=O) groups is 2. The first kappa shape index (κ1) is 15.7. The predicted molar refractivity (Wildman–Crippen MR) is 86.9 cm³/mol. The van der Waals surface area contributed by atoms with E-state index in [-0.39, 0.29) is 23.4 Å². The molecule has 0 saturated heterocycles. The summed E-state index contributed by atoms with van der Waals surface area (Å²) >= 11 is 0. The van der Waals surface area contributed by atoms with Gasteiger partial charge in [0.05, 0.1) is 17.3 Å². The normalized spacial score (nSPS) is 13.0. The van der Waals surface area contributed by atoms with Gasteiger partial charge in [0, 0.05) is 17.2 Å². The van der Waals surface area contributed by atoms with Gasteiger partial charge < -0.3 is 10.6 Å². The van der Waals surface area contributed by atoms with Gasteiger partial charge in [0.15, 0.2) is 0 Å². The summed E-state index contributed by atoms with van der Waals surface area (Å²) in [7, 11) is 0. The summed E-state index contributed by atoms with van der Waals surface area (Å²) in [6.07, 6.45) is 1.64. The minimum absolute atomic E-state index is 0.0405. The van der Waals surface area contributed by atoms with Crippen molar-refractivity contribution in [2.45, 2.75) is 12.8 Å². The Morgan fingerprint density at radius 2 is 1.79 bits per heavy atom. The quantitative estimate of drug-likeness (QED) is 0.905. The first-order valence-corrected chi connectivity index (χ1v) is 7.49. The Hall–Kier alpha value is -3.20. The maximum absolute atomic E-state index is 13.8. The van der Waals surface area contributed by atoms with Crippen LogP contribution >= 0.6 is 0 Å². The highest BCUT2D eigenvalue weighted by Crippen LogP contribution is 2.31. The number of nitrogens with zero attached hydrogens (tertiary/aromatic N) is 1. The molecule has 3 rings (SSSR count). The smallest absolute Gasteiger partial charge is 0.255 e. The van der Waals surface area contributed by atoms with Crippen LogP contribution in [0.3, 0.4) is 0 Å². The lowest BCUT2D eigenvalue weighted by Crippen LogP contribution is -2.16. The van der Waals surface area contributed by atoms with Crippen molar-refractivity contribution in [1.82, 2.24) is 0 Å². The van der Waals surface area contributed by atoms with Crippen LogP contribution in [-0.2, 0) is 4.79 Å². The van der Waals surface area contributed by atoms with Gasteiger partial charge in [-0.3, -0.25) is 9.59 Å². The molecule has 2 N–H and O–H groups in total. The van der Waals surface area contributed by atoms with Gasteiger partial charge in [0.1, 0.15) is 5.82 Å². The van der Waals surface area contributed by atoms with Gasteiger partial charge in [0.25, 0.3) is 5.91 Å². The van der Waals surface area contributed by atoms with Crippen LogP contribution in [0.15, 0.2) is 42.5 Å². The molecule has 1 aliphatic rings. The van der Waals surface area contributed by atoms with Crippen LogP contribution in [-0.4, -0.2) is 11.8 Å². The molecule has 2 amide bonds. The summed E-state index contributed by atoms with van der Waals surface area (Å²) in [4.78, 5) is 23.9. The molecule has 120 valence electrons. The van der Waals surface area contributed by atoms with E-state index in [1.807, 2.05) is 6.07 Å². The minimum Gasteiger partial charge on any atom is -0.323 e. The molecule has 0 heterocycles. The maximum atomic E-state index is 13.8. The summed E-state index contributed by atoms with van der Waals surface area (Å²) in [5.41, 5.74) is 1.25. The van der Waals surface area contributed by atoms with Crippen LogP contribution in [0.4, 0.5) is 15.8 Å². The third-order valence-corrected chi connectivity index (χ3v) is 3.71. The van der Waals surface area contributed by atoms with E-state index in [9.17, 15) is 14.0 Å². The molecule has 1 saturated carbocycles. The number of carbonyl (C=O) groups excluding carboxylic acids is 2. The lowest BCUT2D eigenvalue weighted by atomic mass is 10.1. The molecular weight excluding hydrogens is 309 g/mol. The molecule has 5 nitrogen and oxygen atoms in total. The van der Waals surface area contributed by atoms with Gasteiger partial charge in [-0.05, 0) is 55.3 Å². The average molecular weight is 323 g/mol. The molecule has 0 radical (unpaired) electrons. The zero-order valence-electron chi connectivity index (χ0n) is 12.7. The lowest BCUT2D eigenvalue weighted by Gasteiger charge is -2.10. The minimum atomic E-state index is -0.555. The molecule has 0 spiro atoms. The highest BCUT2D eigenvalue weighted by atomic mass is 19.1. The van der Waals surface area contributed by atoms with E-state index in [2.05, 4.69) is 10.6 Å².